The van der Waals surface area contributed by atoms with E-state index in [0.29, 0.717) is 5.95 Å². The summed E-state index contributed by atoms with van der Waals surface area (Å²) in [7, 11) is -0.143. The first kappa shape index (κ1) is 12.3. The largest absolute Gasteiger partial charge is 0.357 e. The minimum absolute atomic E-state index is 0.129. The molecule has 0 saturated heterocycles. The van der Waals surface area contributed by atoms with Crippen LogP contribution in [0.25, 0.3) is 0 Å². The molecule has 0 amide bonds. The van der Waals surface area contributed by atoms with E-state index < -0.39 is 10.0 Å². The van der Waals surface area contributed by atoms with Crippen LogP contribution in [0.3, 0.4) is 0 Å². The van der Waals surface area contributed by atoms with Gasteiger partial charge < -0.3 is 5.32 Å². The van der Waals surface area contributed by atoms with Gasteiger partial charge in [-0.2, -0.15) is 4.31 Å². The van der Waals surface area contributed by atoms with Crippen LogP contribution >= 0.6 is 0 Å². The summed E-state index contributed by atoms with van der Waals surface area (Å²) in [6.07, 6.45) is 5.64. The zero-order valence-corrected chi connectivity index (χ0v) is 10.7. The molecule has 1 heterocycles. The molecule has 0 spiro atoms. The number of hydrogen-bond donors (Lipinski definition) is 1. The van der Waals surface area contributed by atoms with E-state index >= 15 is 0 Å². The molecule has 94 valence electrons. The molecule has 6 nitrogen and oxygen atoms in total. The van der Waals surface area contributed by atoms with E-state index in [-0.39, 0.29) is 10.9 Å². The fourth-order valence-corrected chi connectivity index (χ4v) is 3.00. The monoisotopic (exact) mass is 256 g/mol. The van der Waals surface area contributed by atoms with Crippen LogP contribution < -0.4 is 5.32 Å². The summed E-state index contributed by atoms with van der Waals surface area (Å²) in [6, 6.07) is 0.129. The Morgan fingerprint density at radius 3 is 2.35 bits per heavy atom. The van der Waals surface area contributed by atoms with Crippen LogP contribution in [0.4, 0.5) is 5.95 Å². The third-order valence-corrected chi connectivity index (χ3v) is 4.98. The molecule has 0 radical (unpaired) electrons. The zero-order valence-electron chi connectivity index (χ0n) is 9.92. The van der Waals surface area contributed by atoms with Gasteiger partial charge in [0, 0.05) is 20.1 Å². The summed E-state index contributed by atoms with van der Waals surface area (Å²) in [5, 5.41) is 2.75. The molecule has 1 N–H and O–H groups in total. The summed E-state index contributed by atoms with van der Waals surface area (Å²) < 4.78 is 25.8. The average molecular weight is 256 g/mol. The lowest BCUT2D eigenvalue weighted by Crippen LogP contribution is -2.41. The second-order valence-corrected chi connectivity index (χ2v) is 6.10. The van der Waals surface area contributed by atoms with E-state index in [1.807, 2.05) is 0 Å². The maximum Gasteiger partial charge on any atom is 0.246 e. The van der Waals surface area contributed by atoms with Crippen LogP contribution in [-0.4, -0.2) is 42.8 Å². The van der Waals surface area contributed by atoms with Crippen molar-refractivity contribution in [1.82, 2.24) is 14.3 Å². The van der Waals surface area contributed by atoms with Crippen LogP contribution in [0.15, 0.2) is 17.3 Å². The van der Waals surface area contributed by atoms with Crippen molar-refractivity contribution in [3.63, 3.8) is 0 Å². The summed E-state index contributed by atoms with van der Waals surface area (Å²) in [6.45, 7) is 0. The van der Waals surface area contributed by atoms with Gasteiger partial charge in [0.25, 0.3) is 0 Å². The van der Waals surface area contributed by atoms with Crippen molar-refractivity contribution < 1.29 is 8.42 Å². The summed E-state index contributed by atoms with van der Waals surface area (Å²) in [4.78, 5) is 7.99. The lowest BCUT2D eigenvalue weighted by atomic mass is 9.94. The average Bonchev–Trinajstić information content (AvgIpc) is 2.27. The first-order valence-corrected chi connectivity index (χ1v) is 6.97. The van der Waals surface area contributed by atoms with Gasteiger partial charge in [-0.15, -0.1) is 0 Å². The highest BCUT2D eigenvalue weighted by Crippen LogP contribution is 2.28. The number of nitrogens with one attached hydrogen (secondary N) is 1. The highest BCUT2D eigenvalue weighted by molar-refractivity contribution is 7.89. The third-order valence-electron chi connectivity index (χ3n) is 3.12. The molecule has 1 aromatic heterocycles. The van der Waals surface area contributed by atoms with Gasteiger partial charge in [-0.25, -0.2) is 18.4 Å². The van der Waals surface area contributed by atoms with Crippen molar-refractivity contribution in [3.05, 3.63) is 12.4 Å². The maximum atomic E-state index is 12.2. The van der Waals surface area contributed by atoms with Crippen molar-refractivity contribution in [2.24, 2.45) is 0 Å². The van der Waals surface area contributed by atoms with E-state index in [9.17, 15) is 8.42 Å². The number of hydrogen-bond acceptors (Lipinski definition) is 5. The van der Waals surface area contributed by atoms with Crippen molar-refractivity contribution >= 4 is 16.0 Å². The molecule has 1 aromatic rings. The first-order chi connectivity index (χ1) is 8.05. The first-order valence-electron chi connectivity index (χ1n) is 5.53. The standard InChI is InChI=1S/C10H16N4O2S/c1-11-10-12-6-9(7-13-10)17(15,16)14(2)8-4-3-5-8/h6-8H,3-5H2,1-2H3,(H,11,12,13). The molecule has 0 bridgehead atoms. The van der Waals surface area contributed by atoms with Gasteiger partial charge in [0.05, 0.1) is 12.4 Å². The van der Waals surface area contributed by atoms with E-state index in [0.717, 1.165) is 19.3 Å². The maximum absolute atomic E-state index is 12.2. The number of nitrogens with zero attached hydrogens (tertiary/aromatic N) is 3. The van der Waals surface area contributed by atoms with Crippen molar-refractivity contribution in [2.75, 3.05) is 19.4 Å². The Bertz CT molecular complexity index is 482. The number of anilines is 1. The normalized spacial score (nSPS) is 16.9. The lowest BCUT2D eigenvalue weighted by molar-refractivity contribution is 0.249. The molecule has 0 aliphatic heterocycles. The topological polar surface area (TPSA) is 75.2 Å². The summed E-state index contributed by atoms with van der Waals surface area (Å²) in [5.74, 6) is 0.412. The van der Waals surface area contributed by atoms with Gasteiger partial charge in [-0.1, -0.05) is 6.42 Å². The molecule has 1 aliphatic rings. The Hall–Kier alpha value is -1.21. The Kier molecular flexibility index (Phi) is 3.30. The van der Waals surface area contributed by atoms with Crippen molar-refractivity contribution in [2.45, 2.75) is 30.2 Å². The molecule has 0 unspecified atom stereocenters. The third kappa shape index (κ3) is 2.25. The molecular formula is C10H16N4O2S. The van der Waals surface area contributed by atoms with Crippen molar-refractivity contribution in [3.8, 4) is 0 Å². The van der Waals surface area contributed by atoms with Gasteiger partial charge in [-0.3, -0.25) is 0 Å². The van der Waals surface area contributed by atoms with Gasteiger partial charge >= 0.3 is 0 Å². The van der Waals surface area contributed by atoms with Gasteiger partial charge in [0.15, 0.2) is 0 Å². The van der Waals surface area contributed by atoms with Crippen LogP contribution in [0.1, 0.15) is 19.3 Å². The lowest BCUT2D eigenvalue weighted by Gasteiger charge is -2.33. The molecule has 7 heteroatoms. The summed E-state index contributed by atoms with van der Waals surface area (Å²) >= 11 is 0. The van der Waals surface area contributed by atoms with E-state index in [4.69, 9.17) is 0 Å². The minimum Gasteiger partial charge on any atom is -0.357 e. The van der Waals surface area contributed by atoms with Gasteiger partial charge in [-0.05, 0) is 12.8 Å². The molecular weight excluding hydrogens is 240 g/mol. The second kappa shape index (κ2) is 4.58. The number of sulfonamides is 1. The fraction of sp³-hybridized carbons (Fsp3) is 0.600. The van der Waals surface area contributed by atoms with Crippen LogP contribution in [0.2, 0.25) is 0 Å². The van der Waals surface area contributed by atoms with Gasteiger partial charge in [0.1, 0.15) is 4.90 Å². The second-order valence-electron chi connectivity index (χ2n) is 4.10. The quantitative estimate of drug-likeness (QED) is 0.858. The highest BCUT2D eigenvalue weighted by atomic mass is 32.2. The highest BCUT2D eigenvalue weighted by Gasteiger charge is 2.32. The molecule has 2 rings (SSSR count). The SMILES string of the molecule is CNc1ncc(S(=O)(=O)N(C)C2CCC2)cn1. The molecule has 1 saturated carbocycles. The van der Waals surface area contributed by atoms with Crippen LogP contribution in [-0.2, 0) is 10.0 Å². The Labute approximate surface area is 101 Å². The van der Waals surface area contributed by atoms with E-state index in [1.165, 1.54) is 16.7 Å². The molecule has 17 heavy (non-hydrogen) atoms. The zero-order chi connectivity index (χ0) is 12.5. The van der Waals surface area contributed by atoms with E-state index in [1.54, 1.807) is 14.1 Å². The van der Waals surface area contributed by atoms with Crippen molar-refractivity contribution in [1.29, 1.82) is 0 Å². The van der Waals surface area contributed by atoms with Gasteiger partial charge in [0.2, 0.25) is 16.0 Å². The Morgan fingerprint density at radius 1 is 1.35 bits per heavy atom. The predicted molar refractivity (Wildman–Crippen MR) is 64.2 cm³/mol. The smallest absolute Gasteiger partial charge is 0.246 e. The predicted octanol–water partition coefficient (Wildman–Crippen LogP) is 0.691. The summed E-state index contributed by atoms with van der Waals surface area (Å²) in [5.41, 5.74) is 0. The molecule has 0 aromatic carbocycles. The molecule has 1 fully saturated rings. The Balaban J connectivity index is 2.23. The molecule has 1 aliphatic carbocycles. The minimum atomic E-state index is -3.44. The Morgan fingerprint density at radius 2 is 1.94 bits per heavy atom. The fourth-order valence-electron chi connectivity index (χ4n) is 1.69. The van der Waals surface area contributed by atoms with Crippen LogP contribution in [0.5, 0.6) is 0 Å². The van der Waals surface area contributed by atoms with E-state index in [2.05, 4.69) is 15.3 Å². The van der Waals surface area contributed by atoms with Crippen LogP contribution in [0, 0.1) is 0 Å². The number of aromatic nitrogens is 2. The number of rotatable bonds is 4. The molecule has 0 atom stereocenters.